The SMILES string of the molecule is CCn1nc(C(=O)NCC2CCC(NS(C)(=O)=O)CC2)c(Cl)c1-c1ccc(CC(C)(C)C(F)(F)F)cc1OC(F)F. The number of hydrogen-bond acceptors (Lipinski definition) is 5. The molecule has 230 valence electrons. The van der Waals surface area contributed by atoms with Gasteiger partial charge in [-0.15, -0.1) is 0 Å². The summed E-state index contributed by atoms with van der Waals surface area (Å²) in [5, 5.41) is 6.93. The summed E-state index contributed by atoms with van der Waals surface area (Å²) in [5.41, 5.74) is -1.96. The van der Waals surface area contributed by atoms with Gasteiger partial charge in [-0.3, -0.25) is 9.48 Å². The van der Waals surface area contributed by atoms with E-state index in [1.54, 1.807) is 6.92 Å². The molecule has 1 fully saturated rings. The quantitative estimate of drug-likeness (QED) is 0.307. The van der Waals surface area contributed by atoms with E-state index in [1.165, 1.54) is 16.8 Å². The second-order valence-corrected chi connectivity index (χ2v) is 13.1. The van der Waals surface area contributed by atoms with Crippen molar-refractivity contribution in [2.45, 2.75) is 78.2 Å². The van der Waals surface area contributed by atoms with Crippen molar-refractivity contribution < 1.29 is 39.9 Å². The van der Waals surface area contributed by atoms with Crippen molar-refractivity contribution in [1.29, 1.82) is 0 Å². The normalized spacial score (nSPS) is 18.5. The van der Waals surface area contributed by atoms with Gasteiger partial charge in [0.25, 0.3) is 5.91 Å². The van der Waals surface area contributed by atoms with Crippen molar-refractivity contribution >= 4 is 27.5 Å². The number of hydrogen-bond donors (Lipinski definition) is 2. The van der Waals surface area contributed by atoms with E-state index >= 15 is 0 Å². The van der Waals surface area contributed by atoms with Crippen LogP contribution >= 0.6 is 11.6 Å². The molecular formula is C26H34ClF5N4O4S. The number of alkyl halides is 5. The number of aromatic nitrogens is 2. The first-order valence-electron chi connectivity index (χ1n) is 13.1. The highest BCUT2D eigenvalue weighted by Crippen LogP contribution is 2.43. The number of nitrogens with zero attached hydrogens (tertiary/aromatic N) is 2. The van der Waals surface area contributed by atoms with Gasteiger partial charge in [-0.1, -0.05) is 31.5 Å². The zero-order chi connectivity index (χ0) is 30.8. The average molecular weight is 629 g/mol. The summed E-state index contributed by atoms with van der Waals surface area (Å²) in [6.45, 7) is 0.976. The summed E-state index contributed by atoms with van der Waals surface area (Å²) < 4.78 is 98.4. The molecule has 0 aliphatic heterocycles. The van der Waals surface area contributed by atoms with Crippen LogP contribution in [0.15, 0.2) is 18.2 Å². The van der Waals surface area contributed by atoms with Crippen molar-refractivity contribution in [2.24, 2.45) is 11.3 Å². The molecule has 1 aromatic carbocycles. The number of sulfonamides is 1. The predicted molar refractivity (Wildman–Crippen MR) is 145 cm³/mol. The minimum absolute atomic E-state index is 0.0500. The zero-order valence-corrected chi connectivity index (χ0v) is 24.7. The van der Waals surface area contributed by atoms with E-state index in [1.807, 2.05) is 0 Å². The maximum Gasteiger partial charge on any atom is 0.394 e. The molecule has 2 aromatic rings. The van der Waals surface area contributed by atoms with Gasteiger partial charge in [0.1, 0.15) is 5.75 Å². The summed E-state index contributed by atoms with van der Waals surface area (Å²) in [4.78, 5) is 13.0. The van der Waals surface area contributed by atoms with Gasteiger partial charge in [0.2, 0.25) is 10.0 Å². The average Bonchev–Trinajstić information content (AvgIpc) is 3.17. The van der Waals surface area contributed by atoms with Crippen LogP contribution in [-0.4, -0.2) is 55.7 Å². The molecule has 3 rings (SSSR count). The van der Waals surface area contributed by atoms with Gasteiger partial charge in [-0.05, 0) is 62.6 Å². The lowest BCUT2D eigenvalue weighted by Crippen LogP contribution is -2.39. The number of benzene rings is 1. The molecule has 0 unspecified atom stereocenters. The van der Waals surface area contributed by atoms with Gasteiger partial charge < -0.3 is 10.1 Å². The van der Waals surface area contributed by atoms with Crippen molar-refractivity contribution in [3.63, 3.8) is 0 Å². The molecule has 1 saturated carbocycles. The molecule has 0 radical (unpaired) electrons. The second-order valence-electron chi connectivity index (χ2n) is 10.9. The van der Waals surface area contributed by atoms with Gasteiger partial charge in [0.15, 0.2) is 5.69 Å². The van der Waals surface area contributed by atoms with E-state index in [0.29, 0.717) is 32.2 Å². The fourth-order valence-electron chi connectivity index (χ4n) is 4.86. The maximum atomic E-state index is 13.4. The topological polar surface area (TPSA) is 102 Å². The first kappa shape index (κ1) is 33.1. The smallest absolute Gasteiger partial charge is 0.394 e. The van der Waals surface area contributed by atoms with Crippen LogP contribution in [0.5, 0.6) is 5.75 Å². The lowest BCUT2D eigenvalue weighted by molar-refractivity contribution is -0.211. The number of nitrogens with one attached hydrogen (secondary N) is 2. The Hall–Kier alpha value is -2.45. The Morgan fingerprint density at radius 2 is 1.83 bits per heavy atom. The molecule has 1 aliphatic rings. The maximum absolute atomic E-state index is 13.4. The molecule has 0 atom stereocenters. The number of halogens is 6. The van der Waals surface area contributed by atoms with Crippen LogP contribution in [0.4, 0.5) is 22.0 Å². The molecule has 2 N–H and O–H groups in total. The Labute approximate surface area is 241 Å². The van der Waals surface area contributed by atoms with E-state index in [4.69, 9.17) is 11.6 Å². The highest BCUT2D eigenvalue weighted by molar-refractivity contribution is 7.88. The van der Waals surface area contributed by atoms with Gasteiger partial charge in [-0.25, -0.2) is 13.1 Å². The molecule has 0 saturated heterocycles. The number of rotatable bonds is 11. The number of ether oxygens (including phenoxy) is 1. The largest absolute Gasteiger partial charge is 0.434 e. The van der Waals surface area contributed by atoms with Crippen molar-refractivity contribution in [3.8, 4) is 17.0 Å². The molecule has 0 spiro atoms. The summed E-state index contributed by atoms with van der Waals surface area (Å²) in [6, 6.07) is 3.68. The van der Waals surface area contributed by atoms with Crippen LogP contribution in [-0.2, 0) is 23.0 Å². The molecule has 8 nitrogen and oxygen atoms in total. The molecule has 0 bridgehead atoms. The van der Waals surface area contributed by atoms with Crippen LogP contribution in [0.3, 0.4) is 0 Å². The Kier molecular flexibility index (Phi) is 10.3. The number of carbonyl (C=O) groups is 1. The molecule has 15 heteroatoms. The lowest BCUT2D eigenvalue weighted by Gasteiger charge is -2.28. The van der Waals surface area contributed by atoms with Gasteiger partial charge in [-0.2, -0.15) is 27.1 Å². The van der Waals surface area contributed by atoms with E-state index in [0.717, 1.165) is 26.2 Å². The zero-order valence-electron chi connectivity index (χ0n) is 23.1. The highest BCUT2D eigenvalue weighted by Gasteiger charge is 2.47. The van der Waals surface area contributed by atoms with Crippen LogP contribution in [0, 0.1) is 11.3 Å². The van der Waals surface area contributed by atoms with E-state index in [-0.39, 0.29) is 46.0 Å². The fraction of sp³-hybridized carbons (Fsp3) is 0.615. The van der Waals surface area contributed by atoms with E-state index in [9.17, 15) is 35.2 Å². The van der Waals surface area contributed by atoms with Crippen LogP contribution in [0.2, 0.25) is 5.02 Å². The summed E-state index contributed by atoms with van der Waals surface area (Å²) >= 11 is 6.55. The van der Waals surface area contributed by atoms with Gasteiger partial charge in [0.05, 0.1) is 22.4 Å². The summed E-state index contributed by atoms with van der Waals surface area (Å²) in [5.74, 6) is -0.860. The van der Waals surface area contributed by atoms with Gasteiger partial charge in [0, 0.05) is 24.7 Å². The molecule has 41 heavy (non-hydrogen) atoms. The van der Waals surface area contributed by atoms with Crippen molar-refractivity contribution in [3.05, 3.63) is 34.5 Å². The van der Waals surface area contributed by atoms with E-state index < -0.39 is 46.3 Å². The monoisotopic (exact) mass is 628 g/mol. The molecule has 1 heterocycles. The molecule has 1 aromatic heterocycles. The third kappa shape index (κ3) is 8.54. The van der Waals surface area contributed by atoms with Crippen LogP contribution in [0.1, 0.15) is 62.5 Å². The van der Waals surface area contributed by atoms with Crippen molar-refractivity contribution in [2.75, 3.05) is 12.8 Å². The predicted octanol–water partition coefficient (Wildman–Crippen LogP) is 5.79. The molecule has 1 aliphatic carbocycles. The third-order valence-electron chi connectivity index (χ3n) is 7.12. The summed E-state index contributed by atoms with van der Waals surface area (Å²) in [7, 11) is -3.30. The minimum Gasteiger partial charge on any atom is -0.434 e. The Balaban J connectivity index is 1.82. The molecular weight excluding hydrogens is 595 g/mol. The number of amides is 1. The Morgan fingerprint density at radius 1 is 1.20 bits per heavy atom. The Morgan fingerprint density at radius 3 is 2.37 bits per heavy atom. The first-order chi connectivity index (χ1) is 18.9. The number of carbonyl (C=O) groups excluding carboxylic acids is 1. The fourth-order valence-corrected chi connectivity index (χ4v) is 6.02. The third-order valence-corrected chi connectivity index (χ3v) is 8.24. The highest BCUT2D eigenvalue weighted by atomic mass is 35.5. The summed E-state index contributed by atoms with van der Waals surface area (Å²) in [6.07, 6.45) is -1.23. The van der Waals surface area contributed by atoms with Crippen LogP contribution < -0.4 is 14.8 Å². The van der Waals surface area contributed by atoms with Crippen molar-refractivity contribution in [1.82, 2.24) is 19.8 Å². The standard InChI is InChI=1S/C26H34ClF5N4O4S/c1-5-36-22(18-11-8-16(12-19(18)40-24(28)29)13-25(2,3)26(30,31)32)20(27)21(34-36)23(37)33-14-15-6-9-17(10-7-15)35-41(4,38)39/h8,11-12,15,17,24,35H,5-7,9-10,13-14H2,1-4H3,(H,33,37). The second kappa shape index (κ2) is 12.8. The Bertz CT molecular complexity index is 1340. The van der Waals surface area contributed by atoms with Crippen LogP contribution in [0.25, 0.3) is 11.3 Å². The molecule has 1 amide bonds. The number of aryl methyl sites for hydroxylation is 1. The minimum atomic E-state index is -4.52. The lowest BCUT2D eigenvalue weighted by atomic mass is 9.84. The first-order valence-corrected chi connectivity index (χ1v) is 15.4. The van der Waals surface area contributed by atoms with E-state index in [2.05, 4.69) is 19.9 Å². The van der Waals surface area contributed by atoms with Gasteiger partial charge >= 0.3 is 12.8 Å².